The highest BCUT2D eigenvalue weighted by molar-refractivity contribution is 6.17. The van der Waals surface area contributed by atoms with E-state index in [1.54, 1.807) is 6.20 Å². The zero-order valence-corrected chi connectivity index (χ0v) is 12.6. The maximum atomic E-state index is 11.0. The van der Waals surface area contributed by atoms with Gasteiger partial charge in [0.2, 0.25) is 0 Å². The summed E-state index contributed by atoms with van der Waals surface area (Å²) in [7, 11) is 0. The van der Waals surface area contributed by atoms with Gasteiger partial charge in [0, 0.05) is 31.2 Å². The number of halogens is 1. The Morgan fingerprint density at radius 3 is 2.70 bits per heavy atom. The van der Waals surface area contributed by atoms with E-state index in [1.807, 2.05) is 36.5 Å². The quantitative estimate of drug-likeness (QED) is 0.795. The smallest absolute Gasteiger partial charge is 0.111 e. The zero-order valence-electron chi connectivity index (χ0n) is 11.8. The third kappa shape index (κ3) is 3.41. The Kier molecular flexibility index (Phi) is 5.21. The summed E-state index contributed by atoms with van der Waals surface area (Å²) in [5, 5.41) is 11.0. The summed E-state index contributed by atoms with van der Waals surface area (Å²) in [6, 6.07) is 9.71. The molecule has 108 valence electrons. The third-order valence-electron chi connectivity index (χ3n) is 3.54. The zero-order chi connectivity index (χ0) is 14.4. The molecule has 1 aromatic carbocycles. The second kappa shape index (κ2) is 6.91. The number of rotatable bonds is 7. The van der Waals surface area contributed by atoms with Crippen molar-refractivity contribution in [2.24, 2.45) is 0 Å². The van der Waals surface area contributed by atoms with E-state index in [2.05, 4.69) is 16.5 Å². The fraction of sp³-hybridized carbons (Fsp3) is 0.438. The number of aryl methyl sites for hydroxylation is 1. The highest BCUT2D eigenvalue weighted by Gasteiger charge is 2.30. The largest absolute Gasteiger partial charge is 0.385 e. The molecule has 1 unspecified atom stereocenters. The molecule has 0 aliphatic rings. The van der Waals surface area contributed by atoms with Crippen molar-refractivity contribution in [1.82, 2.24) is 9.55 Å². The van der Waals surface area contributed by atoms with Crippen molar-refractivity contribution < 1.29 is 5.11 Å². The SMILES string of the molecule is CCCn1ccnc1CC(O)(CCCl)c1ccccc1. The van der Waals surface area contributed by atoms with Crippen LogP contribution in [0, 0.1) is 0 Å². The highest BCUT2D eigenvalue weighted by Crippen LogP contribution is 2.29. The highest BCUT2D eigenvalue weighted by atomic mass is 35.5. The molecule has 1 aromatic heterocycles. The Morgan fingerprint density at radius 1 is 1.30 bits per heavy atom. The Balaban J connectivity index is 2.27. The molecular formula is C16H21ClN2O. The lowest BCUT2D eigenvalue weighted by atomic mass is 9.87. The van der Waals surface area contributed by atoms with Crippen molar-refractivity contribution >= 4 is 11.6 Å². The van der Waals surface area contributed by atoms with Crippen LogP contribution in [0.4, 0.5) is 0 Å². The van der Waals surface area contributed by atoms with Crippen molar-refractivity contribution in [3.63, 3.8) is 0 Å². The summed E-state index contributed by atoms with van der Waals surface area (Å²) in [6.07, 6.45) is 5.79. The standard InChI is InChI=1S/C16H21ClN2O/c1-2-11-19-12-10-18-15(19)13-16(20,8-9-17)14-6-4-3-5-7-14/h3-7,10,12,20H,2,8-9,11,13H2,1H3. The van der Waals surface area contributed by atoms with E-state index in [4.69, 9.17) is 11.6 Å². The van der Waals surface area contributed by atoms with Crippen LogP contribution in [-0.2, 0) is 18.6 Å². The van der Waals surface area contributed by atoms with Crippen molar-refractivity contribution in [1.29, 1.82) is 0 Å². The molecular weight excluding hydrogens is 272 g/mol. The van der Waals surface area contributed by atoms with Crippen LogP contribution < -0.4 is 0 Å². The number of benzene rings is 1. The topological polar surface area (TPSA) is 38.0 Å². The van der Waals surface area contributed by atoms with Gasteiger partial charge in [0.1, 0.15) is 5.82 Å². The lowest BCUT2D eigenvalue weighted by Gasteiger charge is -2.28. The number of hydrogen-bond acceptors (Lipinski definition) is 2. The molecule has 0 saturated carbocycles. The molecule has 1 N–H and O–H groups in total. The average molecular weight is 293 g/mol. The maximum absolute atomic E-state index is 11.0. The van der Waals surface area contributed by atoms with Gasteiger partial charge in [0.25, 0.3) is 0 Å². The van der Waals surface area contributed by atoms with Crippen LogP contribution in [0.3, 0.4) is 0 Å². The Bertz CT molecular complexity index is 526. The molecule has 20 heavy (non-hydrogen) atoms. The second-order valence-corrected chi connectivity index (χ2v) is 5.43. The van der Waals surface area contributed by atoms with Gasteiger partial charge in [-0.3, -0.25) is 0 Å². The van der Waals surface area contributed by atoms with Crippen LogP contribution in [0.1, 0.15) is 31.2 Å². The van der Waals surface area contributed by atoms with E-state index in [0.29, 0.717) is 18.7 Å². The first kappa shape index (κ1) is 15.1. The predicted molar refractivity (Wildman–Crippen MR) is 81.9 cm³/mol. The molecule has 0 saturated heterocycles. The molecule has 0 amide bonds. The van der Waals surface area contributed by atoms with Crippen LogP contribution in [0.2, 0.25) is 0 Å². The summed E-state index contributed by atoms with van der Waals surface area (Å²) in [5.74, 6) is 1.32. The fourth-order valence-electron chi connectivity index (χ4n) is 2.45. The van der Waals surface area contributed by atoms with E-state index in [9.17, 15) is 5.11 Å². The summed E-state index contributed by atoms with van der Waals surface area (Å²) >= 11 is 5.89. The average Bonchev–Trinajstić information content (AvgIpc) is 2.88. The minimum atomic E-state index is -0.958. The lowest BCUT2D eigenvalue weighted by Crippen LogP contribution is -2.30. The van der Waals surface area contributed by atoms with Crippen LogP contribution in [-0.4, -0.2) is 20.5 Å². The molecule has 0 aliphatic heterocycles. The summed E-state index contributed by atoms with van der Waals surface area (Å²) in [5.41, 5.74) is -0.0634. The predicted octanol–water partition coefficient (Wildman–Crippen LogP) is 3.35. The molecule has 0 radical (unpaired) electrons. The van der Waals surface area contributed by atoms with Gasteiger partial charge >= 0.3 is 0 Å². The molecule has 2 aromatic rings. The van der Waals surface area contributed by atoms with E-state index >= 15 is 0 Å². The molecule has 4 heteroatoms. The number of aromatic nitrogens is 2. The van der Waals surface area contributed by atoms with Crippen molar-refractivity contribution in [2.75, 3.05) is 5.88 Å². The van der Waals surface area contributed by atoms with Crippen molar-refractivity contribution in [3.05, 3.63) is 54.1 Å². The minimum absolute atomic E-state index is 0.417. The third-order valence-corrected chi connectivity index (χ3v) is 3.72. The maximum Gasteiger partial charge on any atom is 0.111 e. The van der Waals surface area contributed by atoms with E-state index < -0.39 is 5.60 Å². The van der Waals surface area contributed by atoms with Gasteiger partial charge in [-0.15, -0.1) is 11.6 Å². The molecule has 0 bridgehead atoms. The van der Waals surface area contributed by atoms with Crippen molar-refractivity contribution in [3.8, 4) is 0 Å². The molecule has 0 spiro atoms. The number of alkyl halides is 1. The van der Waals surface area contributed by atoms with Crippen LogP contribution in [0.25, 0.3) is 0 Å². The Morgan fingerprint density at radius 2 is 2.05 bits per heavy atom. The van der Waals surface area contributed by atoms with Gasteiger partial charge in [-0.2, -0.15) is 0 Å². The summed E-state index contributed by atoms with van der Waals surface area (Å²) in [6.45, 7) is 3.05. The monoisotopic (exact) mass is 292 g/mol. The summed E-state index contributed by atoms with van der Waals surface area (Å²) < 4.78 is 2.10. The molecule has 0 aliphatic carbocycles. The van der Waals surface area contributed by atoms with E-state index in [1.165, 1.54) is 0 Å². The number of hydrogen-bond donors (Lipinski definition) is 1. The van der Waals surface area contributed by atoms with E-state index in [-0.39, 0.29) is 0 Å². The van der Waals surface area contributed by atoms with Crippen molar-refractivity contribution in [2.45, 2.75) is 38.3 Å². The number of nitrogens with zero attached hydrogens (tertiary/aromatic N) is 2. The van der Waals surface area contributed by atoms with Gasteiger partial charge in [0.05, 0.1) is 5.60 Å². The van der Waals surface area contributed by atoms with Crippen LogP contribution >= 0.6 is 11.6 Å². The Hall–Kier alpha value is -1.32. The van der Waals surface area contributed by atoms with E-state index in [0.717, 1.165) is 24.4 Å². The number of aliphatic hydroxyl groups is 1. The molecule has 1 atom stereocenters. The fourth-order valence-corrected chi connectivity index (χ4v) is 2.77. The van der Waals surface area contributed by atoms with Gasteiger partial charge in [-0.1, -0.05) is 37.3 Å². The number of imidazole rings is 1. The molecule has 3 nitrogen and oxygen atoms in total. The Labute approximate surface area is 125 Å². The van der Waals surface area contributed by atoms with Crippen LogP contribution in [0.15, 0.2) is 42.7 Å². The first-order chi connectivity index (χ1) is 9.69. The van der Waals surface area contributed by atoms with Gasteiger partial charge < -0.3 is 9.67 Å². The molecule has 2 rings (SSSR count). The van der Waals surface area contributed by atoms with Crippen LogP contribution in [0.5, 0.6) is 0 Å². The first-order valence-corrected chi connectivity index (χ1v) is 7.57. The molecule has 0 fully saturated rings. The van der Waals surface area contributed by atoms with Gasteiger partial charge in [0.15, 0.2) is 0 Å². The van der Waals surface area contributed by atoms with Gasteiger partial charge in [-0.25, -0.2) is 4.98 Å². The van der Waals surface area contributed by atoms with Gasteiger partial charge in [-0.05, 0) is 18.4 Å². The summed E-state index contributed by atoms with van der Waals surface area (Å²) in [4.78, 5) is 4.39. The first-order valence-electron chi connectivity index (χ1n) is 7.03. The normalized spacial score (nSPS) is 14.2. The second-order valence-electron chi connectivity index (χ2n) is 5.05. The molecule has 1 heterocycles. The lowest BCUT2D eigenvalue weighted by molar-refractivity contribution is 0.0308. The minimum Gasteiger partial charge on any atom is -0.385 e.